The number of nitrogens with zero attached hydrogens (tertiary/aromatic N) is 1. The zero-order valence-corrected chi connectivity index (χ0v) is 26.4. The lowest BCUT2D eigenvalue weighted by atomic mass is 9.64. The predicted octanol–water partition coefficient (Wildman–Crippen LogP) is 3.29. The maximum Gasteiger partial charge on any atom is 0.471 e. The molecule has 258 valence electrons. The van der Waals surface area contributed by atoms with E-state index in [-0.39, 0.29) is 12.0 Å². The van der Waals surface area contributed by atoms with Gasteiger partial charge in [-0.05, 0) is 41.0 Å². The largest absolute Gasteiger partial charge is 0.497 e. The first-order valence-electron chi connectivity index (χ1n) is 15.1. The smallest absolute Gasteiger partial charge is 0.471 e. The average Bonchev–Trinajstić information content (AvgIpc) is 3.49. The number of halogens is 3. The van der Waals surface area contributed by atoms with Gasteiger partial charge in [0.05, 0.1) is 31.3 Å². The lowest BCUT2D eigenvalue weighted by Gasteiger charge is -2.43. The Morgan fingerprint density at radius 3 is 2.06 bits per heavy atom. The molecule has 4 atom stereocenters. The number of methoxy groups -OCH3 is 2. The number of amides is 1. The molecule has 14 heteroatoms. The summed E-state index contributed by atoms with van der Waals surface area (Å²) in [5.74, 6) is -0.987. The van der Waals surface area contributed by atoms with Crippen molar-refractivity contribution in [2.24, 2.45) is 0 Å². The number of aromatic nitrogens is 2. The first-order chi connectivity index (χ1) is 23.4. The molecule has 1 aliphatic heterocycles. The molecular weight excluding hydrogens is 647 g/mol. The summed E-state index contributed by atoms with van der Waals surface area (Å²) in [5.41, 5.74) is -1.23. The zero-order valence-electron chi connectivity index (χ0n) is 26.4. The van der Waals surface area contributed by atoms with Crippen LogP contribution < -0.4 is 26.0 Å². The second-order valence-electron chi connectivity index (χ2n) is 11.3. The Kier molecular flexibility index (Phi) is 10.4. The summed E-state index contributed by atoms with van der Waals surface area (Å²) in [6, 6.07) is 23.4. The van der Waals surface area contributed by atoms with E-state index in [4.69, 9.17) is 14.2 Å². The molecule has 5 rings (SSSR count). The standard InChI is InChI=1S/C35H34F3N3O8/c1-47-25-14-10-23(11-15-25)34(22-8-4-3-5-9-22,24-12-16-26(48-2)17-13-24)30(43)29-27(42)19-28(49-29)41-20-21(31(44)40-33(41)46)7-6-18-39-32(45)35(36,37)38/h3-17,20,27-30,42-43H,18-19H2,1-2H3,(H,39,45)(H,40,44,46)/b7-6+/t27-,28+,29-,30?/m0/s1. The van der Waals surface area contributed by atoms with E-state index < -0.39 is 59.8 Å². The summed E-state index contributed by atoms with van der Waals surface area (Å²) in [4.78, 5) is 38.6. The molecule has 11 nitrogen and oxygen atoms in total. The maximum atomic E-state index is 12.9. The summed E-state index contributed by atoms with van der Waals surface area (Å²) in [5, 5.41) is 25.6. The number of H-pyrrole nitrogens is 1. The summed E-state index contributed by atoms with van der Waals surface area (Å²) in [6.45, 7) is -0.540. The molecule has 1 amide bonds. The van der Waals surface area contributed by atoms with Crippen molar-refractivity contribution in [3.05, 3.63) is 134 Å². The van der Waals surface area contributed by atoms with Crippen LogP contribution in [0.25, 0.3) is 6.08 Å². The van der Waals surface area contributed by atoms with E-state index in [9.17, 15) is 37.8 Å². The number of benzene rings is 3. The fourth-order valence-electron chi connectivity index (χ4n) is 6.07. The van der Waals surface area contributed by atoms with Crippen LogP contribution in [-0.2, 0) is 14.9 Å². The van der Waals surface area contributed by atoms with Crippen molar-refractivity contribution < 1.29 is 42.4 Å². The number of carbonyl (C=O) groups is 1. The Morgan fingerprint density at radius 1 is 0.980 bits per heavy atom. The SMILES string of the molecule is COc1ccc(C(c2ccccc2)(c2ccc(OC)cc2)C(O)[C@H]2O[C@@H](n3cc(/C=C/CNC(=O)C(F)(F)F)c(=O)[nH]c3=O)C[C@@H]2O)cc1. The van der Waals surface area contributed by atoms with Crippen molar-refractivity contribution >= 4 is 12.0 Å². The van der Waals surface area contributed by atoms with Crippen molar-refractivity contribution in [2.75, 3.05) is 20.8 Å². The third-order valence-electron chi connectivity index (χ3n) is 8.45. The number of ether oxygens (including phenoxy) is 3. The third kappa shape index (κ3) is 7.16. The van der Waals surface area contributed by atoms with Crippen LogP contribution in [0.5, 0.6) is 11.5 Å². The van der Waals surface area contributed by atoms with Gasteiger partial charge in [0.2, 0.25) is 0 Å². The molecule has 0 saturated carbocycles. The predicted molar refractivity (Wildman–Crippen MR) is 172 cm³/mol. The highest BCUT2D eigenvalue weighted by atomic mass is 19.4. The Balaban J connectivity index is 1.54. The van der Waals surface area contributed by atoms with Gasteiger partial charge in [0.25, 0.3) is 5.56 Å². The molecule has 0 radical (unpaired) electrons. The first-order valence-corrected chi connectivity index (χ1v) is 15.1. The highest BCUT2D eigenvalue weighted by Crippen LogP contribution is 2.47. The molecule has 1 saturated heterocycles. The summed E-state index contributed by atoms with van der Waals surface area (Å²) >= 11 is 0. The van der Waals surface area contributed by atoms with Gasteiger partial charge in [-0.3, -0.25) is 19.1 Å². The average molecular weight is 682 g/mol. The fourth-order valence-corrected chi connectivity index (χ4v) is 6.07. The maximum absolute atomic E-state index is 12.9. The summed E-state index contributed by atoms with van der Waals surface area (Å²) in [6.07, 6.45) is -7.04. The van der Waals surface area contributed by atoms with Crippen molar-refractivity contribution in [2.45, 2.75) is 42.6 Å². The van der Waals surface area contributed by atoms with E-state index in [0.717, 1.165) is 22.9 Å². The van der Waals surface area contributed by atoms with E-state index in [2.05, 4.69) is 4.98 Å². The third-order valence-corrected chi connectivity index (χ3v) is 8.45. The van der Waals surface area contributed by atoms with Gasteiger partial charge in [-0.1, -0.05) is 66.7 Å². The molecule has 0 spiro atoms. The normalized spacial score (nSPS) is 18.7. The Labute approximate surface area is 278 Å². The van der Waals surface area contributed by atoms with Gasteiger partial charge in [-0.15, -0.1) is 0 Å². The van der Waals surface area contributed by atoms with Crippen LogP contribution in [0.2, 0.25) is 0 Å². The van der Waals surface area contributed by atoms with Crippen LogP contribution in [0.15, 0.2) is 101 Å². The monoisotopic (exact) mass is 681 g/mol. The zero-order chi connectivity index (χ0) is 35.3. The van der Waals surface area contributed by atoms with Gasteiger partial charge in [-0.25, -0.2) is 4.79 Å². The van der Waals surface area contributed by atoms with Crippen LogP contribution in [0, 0.1) is 0 Å². The number of hydrogen-bond donors (Lipinski definition) is 4. The minimum absolute atomic E-state index is 0.127. The molecule has 4 N–H and O–H groups in total. The van der Waals surface area contributed by atoms with Crippen molar-refractivity contribution in [3.63, 3.8) is 0 Å². The summed E-state index contributed by atoms with van der Waals surface area (Å²) < 4.78 is 55.5. The number of carbonyl (C=O) groups excluding carboxylic acids is 1. The second kappa shape index (κ2) is 14.5. The Hall–Kier alpha value is -5.18. The molecule has 1 fully saturated rings. The van der Waals surface area contributed by atoms with Crippen LogP contribution in [0.3, 0.4) is 0 Å². The molecule has 0 aliphatic carbocycles. The van der Waals surface area contributed by atoms with Crippen molar-refractivity contribution in [3.8, 4) is 11.5 Å². The number of nitrogens with one attached hydrogen (secondary N) is 2. The number of aliphatic hydroxyl groups is 2. The summed E-state index contributed by atoms with van der Waals surface area (Å²) in [7, 11) is 3.07. The van der Waals surface area contributed by atoms with Crippen molar-refractivity contribution in [1.82, 2.24) is 14.9 Å². The number of aliphatic hydroxyl groups excluding tert-OH is 2. The van der Waals surface area contributed by atoms with E-state index in [1.54, 1.807) is 53.8 Å². The fraction of sp³-hybridized carbons (Fsp3) is 0.286. The van der Waals surface area contributed by atoms with Crippen molar-refractivity contribution in [1.29, 1.82) is 0 Å². The quantitative estimate of drug-likeness (QED) is 0.176. The molecule has 3 aromatic carbocycles. The molecule has 2 heterocycles. The molecule has 4 aromatic rings. The number of aromatic amines is 1. The Bertz CT molecular complexity index is 1840. The van der Waals surface area contributed by atoms with Crippen LogP contribution >= 0.6 is 0 Å². The van der Waals surface area contributed by atoms with Crippen LogP contribution in [0.4, 0.5) is 13.2 Å². The molecular formula is C35H34F3N3O8. The number of hydrogen-bond acceptors (Lipinski definition) is 8. The minimum atomic E-state index is -5.07. The van der Waals surface area contributed by atoms with Crippen LogP contribution in [-0.4, -0.2) is 70.9 Å². The molecule has 1 aromatic heterocycles. The van der Waals surface area contributed by atoms with Gasteiger partial charge < -0.3 is 29.7 Å². The molecule has 1 aliphatic rings. The van der Waals surface area contributed by atoms with Gasteiger partial charge in [-0.2, -0.15) is 13.2 Å². The highest BCUT2D eigenvalue weighted by molar-refractivity contribution is 5.81. The highest BCUT2D eigenvalue weighted by Gasteiger charge is 2.52. The Morgan fingerprint density at radius 2 is 1.53 bits per heavy atom. The second-order valence-corrected chi connectivity index (χ2v) is 11.3. The molecule has 49 heavy (non-hydrogen) atoms. The minimum Gasteiger partial charge on any atom is -0.497 e. The first kappa shape index (κ1) is 35.1. The number of alkyl halides is 3. The lowest BCUT2D eigenvalue weighted by Crippen LogP contribution is -2.51. The van der Waals surface area contributed by atoms with Crippen LogP contribution in [0.1, 0.15) is 34.9 Å². The van der Waals surface area contributed by atoms with Gasteiger partial charge >= 0.3 is 17.8 Å². The van der Waals surface area contributed by atoms with E-state index >= 15 is 0 Å². The van der Waals surface area contributed by atoms with Gasteiger partial charge in [0.1, 0.15) is 29.9 Å². The van der Waals surface area contributed by atoms with Gasteiger partial charge in [0, 0.05) is 19.2 Å². The lowest BCUT2D eigenvalue weighted by molar-refractivity contribution is -0.173. The topological polar surface area (TPSA) is 152 Å². The van der Waals surface area contributed by atoms with Gasteiger partial charge in [0.15, 0.2) is 0 Å². The number of rotatable bonds is 11. The molecule has 1 unspecified atom stereocenters. The van der Waals surface area contributed by atoms with E-state index in [1.807, 2.05) is 30.3 Å². The van der Waals surface area contributed by atoms with E-state index in [1.165, 1.54) is 14.2 Å². The van der Waals surface area contributed by atoms with E-state index in [0.29, 0.717) is 28.2 Å². The molecule has 0 bridgehead atoms.